The van der Waals surface area contributed by atoms with E-state index in [1.165, 1.54) is 4.90 Å². The highest BCUT2D eigenvalue weighted by molar-refractivity contribution is 7.99. The van der Waals surface area contributed by atoms with Crippen LogP contribution >= 0.6 is 11.8 Å². The van der Waals surface area contributed by atoms with Crippen molar-refractivity contribution in [2.45, 2.75) is 11.6 Å². The zero-order valence-electron chi connectivity index (χ0n) is 13.8. The van der Waals surface area contributed by atoms with Crippen molar-refractivity contribution in [1.82, 2.24) is 14.5 Å². The van der Waals surface area contributed by atoms with E-state index in [9.17, 15) is 9.59 Å². The van der Waals surface area contributed by atoms with Crippen molar-refractivity contribution in [3.05, 3.63) is 59.7 Å². The van der Waals surface area contributed by atoms with Gasteiger partial charge in [-0.25, -0.2) is 4.98 Å². The second-order valence-corrected chi connectivity index (χ2v) is 7.01. The molecule has 126 valence electrons. The Bertz CT molecular complexity index is 945. The Labute approximate surface area is 149 Å². The highest BCUT2D eigenvalue weighted by Crippen LogP contribution is 2.25. The number of aryl methyl sites for hydroxylation is 1. The number of amides is 2. The van der Waals surface area contributed by atoms with Gasteiger partial charge in [-0.05, 0) is 30.7 Å². The lowest BCUT2D eigenvalue weighted by molar-refractivity contribution is 0.0655. The fourth-order valence-corrected chi connectivity index (χ4v) is 3.99. The summed E-state index contributed by atoms with van der Waals surface area (Å²) in [4.78, 5) is 30.6. The number of imide groups is 1. The summed E-state index contributed by atoms with van der Waals surface area (Å²) in [5, 5.41) is 0.948. The Balaban J connectivity index is 1.38. The molecule has 1 aromatic heterocycles. The van der Waals surface area contributed by atoms with Gasteiger partial charge < -0.3 is 4.57 Å². The Morgan fingerprint density at radius 2 is 1.60 bits per heavy atom. The summed E-state index contributed by atoms with van der Waals surface area (Å²) in [7, 11) is 2.00. The van der Waals surface area contributed by atoms with Crippen LogP contribution in [0.4, 0.5) is 0 Å². The molecule has 0 aliphatic carbocycles. The van der Waals surface area contributed by atoms with Gasteiger partial charge in [0.05, 0.1) is 22.2 Å². The number of carbonyl (C=O) groups excluding carboxylic acids is 2. The van der Waals surface area contributed by atoms with Crippen LogP contribution in [-0.2, 0) is 7.05 Å². The summed E-state index contributed by atoms with van der Waals surface area (Å²) < 4.78 is 2.07. The average molecular weight is 351 g/mol. The van der Waals surface area contributed by atoms with Gasteiger partial charge in [0.15, 0.2) is 5.16 Å². The first kappa shape index (κ1) is 15.9. The molecule has 0 radical (unpaired) electrons. The SMILES string of the molecule is Cn1c(SCCCN2C(=O)c3ccccc3C2=O)nc2ccccc21. The molecular formula is C19H17N3O2S. The van der Waals surface area contributed by atoms with Crippen LogP contribution in [-0.4, -0.2) is 38.6 Å². The number of nitrogens with zero attached hydrogens (tertiary/aromatic N) is 3. The van der Waals surface area contributed by atoms with Gasteiger partial charge in [0, 0.05) is 19.3 Å². The number of benzene rings is 2. The fourth-order valence-electron chi connectivity index (χ4n) is 3.08. The number of rotatable bonds is 5. The van der Waals surface area contributed by atoms with E-state index in [0.29, 0.717) is 17.7 Å². The summed E-state index contributed by atoms with van der Waals surface area (Å²) in [6.07, 6.45) is 0.735. The summed E-state index contributed by atoms with van der Waals surface area (Å²) in [5.41, 5.74) is 3.10. The molecule has 4 rings (SSSR count). The van der Waals surface area contributed by atoms with Crippen LogP contribution in [0.5, 0.6) is 0 Å². The Morgan fingerprint density at radius 3 is 2.28 bits per heavy atom. The van der Waals surface area contributed by atoms with E-state index in [1.807, 2.05) is 31.3 Å². The van der Waals surface area contributed by atoms with Crippen molar-refractivity contribution >= 4 is 34.6 Å². The molecule has 0 atom stereocenters. The van der Waals surface area contributed by atoms with Crippen LogP contribution in [0.2, 0.25) is 0 Å². The fraction of sp³-hybridized carbons (Fsp3) is 0.211. The van der Waals surface area contributed by atoms with E-state index in [-0.39, 0.29) is 11.8 Å². The van der Waals surface area contributed by atoms with E-state index in [4.69, 9.17) is 0 Å². The summed E-state index contributed by atoms with van der Waals surface area (Å²) in [6, 6.07) is 15.0. The van der Waals surface area contributed by atoms with Gasteiger partial charge in [-0.3, -0.25) is 14.5 Å². The van der Waals surface area contributed by atoms with Gasteiger partial charge in [-0.2, -0.15) is 0 Å². The first-order valence-electron chi connectivity index (χ1n) is 8.16. The van der Waals surface area contributed by atoms with Crippen LogP contribution in [0.15, 0.2) is 53.7 Å². The molecule has 0 fully saturated rings. The number of aromatic nitrogens is 2. The van der Waals surface area contributed by atoms with Gasteiger partial charge in [-0.1, -0.05) is 36.0 Å². The molecule has 0 spiro atoms. The smallest absolute Gasteiger partial charge is 0.261 e. The maximum absolute atomic E-state index is 12.3. The highest BCUT2D eigenvalue weighted by Gasteiger charge is 2.34. The quantitative estimate of drug-likeness (QED) is 0.402. The Morgan fingerprint density at radius 1 is 0.960 bits per heavy atom. The van der Waals surface area contributed by atoms with Crippen LogP contribution in [0, 0.1) is 0 Å². The average Bonchev–Trinajstić information content (AvgIpc) is 3.08. The van der Waals surface area contributed by atoms with E-state index >= 15 is 0 Å². The largest absolute Gasteiger partial charge is 0.322 e. The number of fused-ring (bicyclic) bond motifs is 2. The molecule has 0 unspecified atom stereocenters. The molecule has 2 amide bonds. The van der Waals surface area contributed by atoms with Crippen LogP contribution in [0.3, 0.4) is 0 Å². The standard InChI is InChI=1S/C19H17N3O2S/c1-21-16-10-5-4-9-15(16)20-19(21)25-12-6-11-22-17(23)13-7-2-3-8-14(13)18(22)24/h2-5,7-10H,6,11-12H2,1H3. The van der Waals surface area contributed by atoms with Crippen LogP contribution in [0.25, 0.3) is 11.0 Å². The van der Waals surface area contributed by atoms with E-state index in [2.05, 4.69) is 9.55 Å². The molecule has 0 saturated heterocycles. The lowest BCUT2D eigenvalue weighted by Crippen LogP contribution is -2.31. The minimum Gasteiger partial charge on any atom is -0.322 e. The molecule has 0 N–H and O–H groups in total. The first-order chi connectivity index (χ1) is 12.2. The zero-order valence-corrected chi connectivity index (χ0v) is 14.6. The Kier molecular flexibility index (Phi) is 4.05. The maximum atomic E-state index is 12.3. The van der Waals surface area contributed by atoms with Crippen molar-refractivity contribution in [1.29, 1.82) is 0 Å². The van der Waals surface area contributed by atoms with E-state index < -0.39 is 0 Å². The second kappa shape index (κ2) is 6.37. The maximum Gasteiger partial charge on any atom is 0.261 e. The number of carbonyl (C=O) groups is 2. The highest BCUT2D eigenvalue weighted by atomic mass is 32.2. The number of hydrogen-bond acceptors (Lipinski definition) is 4. The van der Waals surface area contributed by atoms with Gasteiger partial charge in [0.25, 0.3) is 11.8 Å². The summed E-state index contributed by atoms with van der Waals surface area (Å²) in [6.45, 7) is 0.434. The molecule has 0 bridgehead atoms. The van der Waals surface area contributed by atoms with Gasteiger partial charge >= 0.3 is 0 Å². The van der Waals surface area contributed by atoms with Crippen molar-refractivity contribution < 1.29 is 9.59 Å². The van der Waals surface area contributed by atoms with Crippen molar-refractivity contribution in [2.24, 2.45) is 7.05 Å². The second-order valence-electron chi connectivity index (χ2n) is 5.95. The van der Waals surface area contributed by atoms with Gasteiger partial charge in [0.1, 0.15) is 0 Å². The third kappa shape index (κ3) is 2.72. The molecule has 2 heterocycles. The molecule has 0 saturated carbocycles. The lowest BCUT2D eigenvalue weighted by atomic mass is 10.1. The molecular weight excluding hydrogens is 334 g/mol. The molecule has 2 aromatic carbocycles. The number of thioether (sulfide) groups is 1. The predicted molar refractivity (Wildman–Crippen MR) is 97.9 cm³/mol. The summed E-state index contributed by atoms with van der Waals surface area (Å²) in [5.74, 6) is 0.423. The van der Waals surface area contributed by atoms with Gasteiger partial charge in [-0.15, -0.1) is 0 Å². The lowest BCUT2D eigenvalue weighted by Gasteiger charge is -2.13. The molecule has 25 heavy (non-hydrogen) atoms. The van der Waals surface area contributed by atoms with Crippen molar-refractivity contribution in [3.8, 4) is 0 Å². The van der Waals surface area contributed by atoms with Crippen molar-refractivity contribution in [3.63, 3.8) is 0 Å². The topological polar surface area (TPSA) is 55.2 Å². The first-order valence-corrected chi connectivity index (χ1v) is 9.15. The molecule has 3 aromatic rings. The number of imidazole rings is 1. The summed E-state index contributed by atoms with van der Waals surface area (Å²) >= 11 is 1.65. The third-order valence-electron chi connectivity index (χ3n) is 4.38. The molecule has 1 aliphatic heterocycles. The molecule has 1 aliphatic rings. The van der Waals surface area contributed by atoms with E-state index in [1.54, 1.807) is 36.0 Å². The number of hydrogen-bond donors (Lipinski definition) is 0. The van der Waals surface area contributed by atoms with Crippen LogP contribution in [0.1, 0.15) is 27.1 Å². The van der Waals surface area contributed by atoms with Gasteiger partial charge in [0.2, 0.25) is 0 Å². The minimum absolute atomic E-state index is 0.187. The number of para-hydroxylation sites is 2. The molecule has 6 heteroatoms. The Hall–Kier alpha value is -2.60. The molecule has 5 nitrogen and oxygen atoms in total. The minimum atomic E-state index is -0.187. The van der Waals surface area contributed by atoms with Crippen LogP contribution < -0.4 is 0 Å². The monoisotopic (exact) mass is 351 g/mol. The zero-order chi connectivity index (χ0) is 17.4. The normalized spacial score (nSPS) is 13.7. The van der Waals surface area contributed by atoms with Crippen molar-refractivity contribution in [2.75, 3.05) is 12.3 Å². The third-order valence-corrected chi connectivity index (χ3v) is 5.50. The predicted octanol–water partition coefficient (Wildman–Crippen LogP) is 3.35. The van der Waals surface area contributed by atoms with E-state index in [0.717, 1.165) is 28.4 Å².